The third kappa shape index (κ3) is 3.15. The van der Waals surface area contributed by atoms with E-state index in [-0.39, 0.29) is 11.7 Å². The molecule has 2 aromatic rings. The molecule has 0 aromatic heterocycles. The number of anilines is 2. The molecule has 1 aliphatic rings. The minimum absolute atomic E-state index is 0.111. The fraction of sp³-hybridized carbons (Fsp3) is 0.176. The summed E-state index contributed by atoms with van der Waals surface area (Å²) in [6, 6.07) is 12.1. The van der Waals surface area contributed by atoms with Crippen LogP contribution in [0, 0.1) is 5.82 Å². The van der Waals surface area contributed by atoms with Gasteiger partial charge in [0, 0.05) is 11.4 Å². The first-order chi connectivity index (χ1) is 11.0. The predicted molar refractivity (Wildman–Crippen MR) is 85.6 cm³/mol. The van der Waals surface area contributed by atoms with Gasteiger partial charge >= 0.3 is 6.03 Å². The second-order valence-corrected chi connectivity index (χ2v) is 5.61. The van der Waals surface area contributed by atoms with Crippen molar-refractivity contribution in [1.29, 1.82) is 0 Å². The number of benzene rings is 2. The summed E-state index contributed by atoms with van der Waals surface area (Å²) in [5.74, 6) is -0.429. The van der Waals surface area contributed by atoms with E-state index < -0.39 is 11.4 Å². The number of carbonyl (C=O) groups is 2. The number of primary amides is 1. The molecule has 118 valence electrons. The van der Waals surface area contributed by atoms with E-state index in [1.54, 1.807) is 36.4 Å². The first-order valence-corrected chi connectivity index (χ1v) is 7.24. The Morgan fingerprint density at radius 1 is 0.913 bits per heavy atom. The molecule has 0 aliphatic heterocycles. The normalized spacial score (nSPS) is 14.8. The van der Waals surface area contributed by atoms with Gasteiger partial charge in [-0.05, 0) is 54.8 Å². The van der Waals surface area contributed by atoms with Gasteiger partial charge < -0.3 is 16.4 Å². The summed E-state index contributed by atoms with van der Waals surface area (Å²) in [5, 5.41) is 5.31. The van der Waals surface area contributed by atoms with E-state index in [2.05, 4.69) is 10.6 Å². The lowest BCUT2D eigenvalue weighted by atomic mass is 9.95. The highest BCUT2D eigenvalue weighted by Gasteiger charge is 2.51. The zero-order chi connectivity index (χ0) is 16.4. The summed E-state index contributed by atoms with van der Waals surface area (Å²) in [6.07, 6.45) is 1.48. The molecular weight excluding hydrogens is 297 g/mol. The Morgan fingerprint density at radius 3 is 1.91 bits per heavy atom. The van der Waals surface area contributed by atoms with Crippen LogP contribution in [-0.4, -0.2) is 11.9 Å². The maximum Gasteiger partial charge on any atom is 0.316 e. The Morgan fingerprint density at radius 2 is 1.43 bits per heavy atom. The van der Waals surface area contributed by atoms with E-state index in [0.717, 1.165) is 18.4 Å². The first-order valence-electron chi connectivity index (χ1n) is 7.24. The highest BCUT2D eigenvalue weighted by molar-refractivity contribution is 6.01. The van der Waals surface area contributed by atoms with Crippen LogP contribution in [0.2, 0.25) is 0 Å². The number of nitrogens with two attached hydrogens (primary N) is 1. The SMILES string of the molecule is NC(=O)Nc1ccc(NC(=O)C2(c3ccc(F)cc3)CC2)cc1. The van der Waals surface area contributed by atoms with Gasteiger partial charge in [-0.3, -0.25) is 4.79 Å². The van der Waals surface area contributed by atoms with Crippen LogP contribution < -0.4 is 16.4 Å². The summed E-state index contributed by atoms with van der Waals surface area (Å²) in [6.45, 7) is 0. The van der Waals surface area contributed by atoms with Crippen molar-refractivity contribution in [2.45, 2.75) is 18.3 Å². The smallest absolute Gasteiger partial charge is 0.316 e. The van der Waals surface area contributed by atoms with E-state index in [4.69, 9.17) is 5.73 Å². The fourth-order valence-electron chi connectivity index (χ4n) is 2.57. The van der Waals surface area contributed by atoms with Crippen molar-refractivity contribution in [3.05, 3.63) is 59.9 Å². The minimum atomic E-state index is -0.643. The first kappa shape index (κ1) is 15.0. The summed E-state index contributed by atoms with van der Waals surface area (Å²) >= 11 is 0. The lowest BCUT2D eigenvalue weighted by Crippen LogP contribution is -2.27. The monoisotopic (exact) mass is 313 g/mol. The van der Waals surface area contributed by atoms with Gasteiger partial charge in [0.15, 0.2) is 0 Å². The molecule has 3 rings (SSSR count). The molecule has 0 saturated heterocycles. The third-order valence-corrected chi connectivity index (χ3v) is 3.99. The summed E-state index contributed by atoms with van der Waals surface area (Å²) in [5.41, 5.74) is 6.46. The van der Waals surface area contributed by atoms with Gasteiger partial charge in [0.1, 0.15) is 5.82 Å². The number of amides is 3. The average molecular weight is 313 g/mol. The quantitative estimate of drug-likeness (QED) is 0.810. The third-order valence-electron chi connectivity index (χ3n) is 3.99. The topological polar surface area (TPSA) is 84.2 Å². The maximum absolute atomic E-state index is 13.0. The average Bonchev–Trinajstić information content (AvgIpc) is 3.31. The Bertz CT molecular complexity index is 737. The van der Waals surface area contributed by atoms with Crippen LogP contribution >= 0.6 is 0 Å². The number of hydrogen-bond donors (Lipinski definition) is 3. The number of halogens is 1. The van der Waals surface area contributed by atoms with Crippen LogP contribution in [0.5, 0.6) is 0 Å². The molecule has 1 aliphatic carbocycles. The molecule has 6 heteroatoms. The molecule has 5 nitrogen and oxygen atoms in total. The van der Waals surface area contributed by atoms with Crippen molar-refractivity contribution < 1.29 is 14.0 Å². The van der Waals surface area contributed by atoms with E-state index in [1.807, 2.05) is 0 Å². The molecule has 1 fully saturated rings. The Hall–Kier alpha value is -2.89. The molecule has 3 amide bonds. The van der Waals surface area contributed by atoms with Crippen LogP contribution in [0.1, 0.15) is 18.4 Å². The molecule has 2 aromatic carbocycles. The number of rotatable bonds is 4. The molecule has 1 saturated carbocycles. The second-order valence-electron chi connectivity index (χ2n) is 5.61. The van der Waals surface area contributed by atoms with Gasteiger partial charge in [-0.2, -0.15) is 0 Å². The van der Waals surface area contributed by atoms with Gasteiger partial charge in [0.25, 0.3) is 0 Å². The number of hydrogen-bond acceptors (Lipinski definition) is 2. The van der Waals surface area contributed by atoms with Crippen molar-refractivity contribution in [3.8, 4) is 0 Å². The molecule has 0 atom stereocenters. The van der Waals surface area contributed by atoms with Gasteiger partial charge in [-0.1, -0.05) is 12.1 Å². The summed E-state index contributed by atoms with van der Waals surface area (Å²) in [4.78, 5) is 23.3. The second kappa shape index (κ2) is 5.72. The predicted octanol–water partition coefficient (Wildman–Crippen LogP) is 2.99. The van der Waals surface area contributed by atoms with E-state index in [9.17, 15) is 14.0 Å². The zero-order valence-corrected chi connectivity index (χ0v) is 12.3. The van der Waals surface area contributed by atoms with Crippen LogP contribution in [0.15, 0.2) is 48.5 Å². The van der Waals surface area contributed by atoms with Gasteiger partial charge in [0.2, 0.25) is 5.91 Å². The molecular formula is C17H16FN3O2. The van der Waals surface area contributed by atoms with Crippen molar-refractivity contribution in [3.63, 3.8) is 0 Å². The van der Waals surface area contributed by atoms with Crippen molar-refractivity contribution >= 4 is 23.3 Å². The lowest BCUT2D eigenvalue weighted by Gasteiger charge is -2.16. The fourth-order valence-corrected chi connectivity index (χ4v) is 2.57. The Kier molecular flexibility index (Phi) is 3.73. The van der Waals surface area contributed by atoms with Crippen LogP contribution in [0.3, 0.4) is 0 Å². The molecule has 0 radical (unpaired) electrons. The van der Waals surface area contributed by atoms with Crippen molar-refractivity contribution in [2.75, 3.05) is 10.6 Å². The van der Waals surface area contributed by atoms with Gasteiger partial charge in [-0.25, -0.2) is 9.18 Å². The largest absolute Gasteiger partial charge is 0.351 e. The molecule has 0 bridgehead atoms. The summed E-state index contributed by atoms with van der Waals surface area (Å²) < 4.78 is 13.0. The van der Waals surface area contributed by atoms with E-state index >= 15 is 0 Å². The van der Waals surface area contributed by atoms with Crippen molar-refractivity contribution in [1.82, 2.24) is 0 Å². The molecule has 23 heavy (non-hydrogen) atoms. The van der Waals surface area contributed by atoms with Crippen molar-refractivity contribution in [2.24, 2.45) is 5.73 Å². The number of nitrogens with one attached hydrogen (secondary N) is 2. The van der Waals surface area contributed by atoms with Crippen LogP contribution in [0.25, 0.3) is 0 Å². The molecule has 0 spiro atoms. The van der Waals surface area contributed by atoms with Crippen LogP contribution in [0.4, 0.5) is 20.6 Å². The standard InChI is InChI=1S/C17H16FN3O2/c18-12-3-1-11(2-4-12)17(9-10-17)15(22)20-13-5-7-14(8-6-13)21-16(19)23/h1-8H,9-10H2,(H,20,22)(H3,19,21,23). The Labute approximate surface area is 132 Å². The highest BCUT2D eigenvalue weighted by atomic mass is 19.1. The maximum atomic E-state index is 13.0. The summed E-state index contributed by atoms with van der Waals surface area (Å²) in [7, 11) is 0. The van der Waals surface area contributed by atoms with E-state index in [1.165, 1.54) is 12.1 Å². The van der Waals surface area contributed by atoms with Gasteiger partial charge in [-0.15, -0.1) is 0 Å². The number of carbonyl (C=O) groups excluding carboxylic acids is 2. The molecule has 4 N–H and O–H groups in total. The molecule has 0 unspecified atom stereocenters. The number of urea groups is 1. The van der Waals surface area contributed by atoms with E-state index in [0.29, 0.717) is 11.4 Å². The molecule has 0 heterocycles. The zero-order valence-electron chi connectivity index (χ0n) is 12.3. The van der Waals surface area contributed by atoms with Gasteiger partial charge in [0.05, 0.1) is 5.41 Å². The Balaban J connectivity index is 1.71. The highest BCUT2D eigenvalue weighted by Crippen LogP contribution is 2.49. The lowest BCUT2D eigenvalue weighted by molar-refractivity contribution is -0.118. The minimum Gasteiger partial charge on any atom is -0.351 e. The van der Waals surface area contributed by atoms with Crippen LogP contribution in [-0.2, 0) is 10.2 Å².